The number of para-hydroxylation sites is 1. The second-order valence-electron chi connectivity index (χ2n) is 8.90. The van der Waals surface area contributed by atoms with Crippen molar-refractivity contribution < 1.29 is 13.2 Å². The lowest BCUT2D eigenvalue weighted by molar-refractivity contribution is -0.133. The van der Waals surface area contributed by atoms with Gasteiger partial charge in [0.1, 0.15) is 5.82 Å². The van der Waals surface area contributed by atoms with E-state index in [1.54, 1.807) is 47.4 Å². The molecule has 1 fully saturated rings. The number of H-pyrrole nitrogens is 1. The standard InChI is InChI=1S/C25H30N4O4S/c1-18(2)29(17-23-26-22-8-4-3-7-21(22)25(31)27-23)24(30)14-11-19-9-12-20(13-10-19)34(32,33)28-15-5-6-16-28/h3-4,7-10,12-13,18H,5-6,11,14-17H2,1-2H3,(H,26,27,31). The minimum atomic E-state index is -3.44. The summed E-state index contributed by atoms with van der Waals surface area (Å²) in [6.07, 6.45) is 2.56. The van der Waals surface area contributed by atoms with E-state index in [0.717, 1.165) is 18.4 Å². The number of amides is 1. The van der Waals surface area contributed by atoms with Gasteiger partial charge >= 0.3 is 0 Å². The lowest BCUT2D eigenvalue weighted by Crippen LogP contribution is -2.37. The Hall–Kier alpha value is -3.04. The minimum absolute atomic E-state index is 0.0560. The smallest absolute Gasteiger partial charge is 0.258 e. The van der Waals surface area contributed by atoms with Crippen LogP contribution in [0.1, 0.15) is 44.5 Å². The van der Waals surface area contributed by atoms with Gasteiger partial charge in [-0.05, 0) is 62.9 Å². The first-order chi connectivity index (χ1) is 16.3. The predicted octanol–water partition coefficient (Wildman–Crippen LogP) is 3.08. The third-order valence-corrected chi connectivity index (χ3v) is 8.09. The van der Waals surface area contributed by atoms with Crippen molar-refractivity contribution in [3.8, 4) is 0 Å². The number of fused-ring (bicyclic) bond motifs is 1. The fourth-order valence-electron chi connectivity index (χ4n) is 4.23. The number of hydrogen-bond donors (Lipinski definition) is 1. The van der Waals surface area contributed by atoms with Crippen LogP contribution in [0.2, 0.25) is 0 Å². The van der Waals surface area contributed by atoms with E-state index in [1.807, 2.05) is 19.9 Å². The van der Waals surface area contributed by atoms with E-state index in [0.29, 0.717) is 41.1 Å². The average molecular weight is 483 g/mol. The van der Waals surface area contributed by atoms with Crippen LogP contribution in [-0.2, 0) is 27.8 Å². The molecular weight excluding hydrogens is 452 g/mol. The van der Waals surface area contributed by atoms with Gasteiger partial charge in [-0.2, -0.15) is 4.31 Å². The van der Waals surface area contributed by atoms with Crippen molar-refractivity contribution in [3.63, 3.8) is 0 Å². The second-order valence-corrected chi connectivity index (χ2v) is 10.8. The molecule has 1 N–H and O–H groups in total. The lowest BCUT2D eigenvalue weighted by atomic mass is 10.1. The lowest BCUT2D eigenvalue weighted by Gasteiger charge is -2.26. The molecular formula is C25H30N4O4S. The summed E-state index contributed by atoms with van der Waals surface area (Å²) in [5.41, 5.74) is 1.27. The Morgan fingerprint density at radius 3 is 2.44 bits per heavy atom. The Balaban J connectivity index is 1.42. The maximum absolute atomic E-state index is 13.0. The molecule has 0 atom stereocenters. The Labute approximate surface area is 199 Å². The van der Waals surface area contributed by atoms with Gasteiger partial charge < -0.3 is 9.88 Å². The van der Waals surface area contributed by atoms with Gasteiger partial charge in [0, 0.05) is 25.6 Å². The molecule has 0 spiro atoms. The molecule has 34 heavy (non-hydrogen) atoms. The fourth-order valence-corrected chi connectivity index (χ4v) is 5.75. The summed E-state index contributed by atoms with van der Waals surface area (Å²) in [7, 11) is -3.44. The summed E-state index contributed by atoms with van der Waals surface area (Å²) in [6.45, 7) is 5.20. The molecule has 180 valence electrons. The molecule has 0 saturated carbocycles. The highest BCUT2D eigenvalue weighted by Crippen LogP contribution is 2.21. The highest BCUT2D eigenvalue weighted by atomic mass is 32.2. The zero-order valence-corrected chi connectivity index (χ0v) is 20.3. The number of aromatic amines is 1. The van der Waals surface area contributed by atoms with E-state index in [1.165, 1.54) is 4.31 Å². The van der Waals surface area contributed by atoms with Crippen LogP contribution in [0.15, 0.2) is 58.2 Å². The monoisotopic (exact) mass is 482 g/mol. The number of carbonyl (C=O) groups is 1. The van der Waals surface area contributed by atoms with Crippen LogP contribution < -0.4 is 5.56 Å². The molecule has 2 heterocycles. The van der Waals surface area contributed by atoms with Crippen LogP contribution in [0.25, 0.3) is 10.9 Å². The highest BCUT2D eigenvalue weighted by Gasteiger charge is 2.27. The first-order valence-electron chi connectivity index (χ1n) is 11.6. The SMILES string of the molecule is CC(C)N(Cc1nc2ccccc2c(=O)[nH]1)C(=O)CCc1ccc(S(=O)(=O)N2CCCC2)cc1. The number of hydrogen-bond acceptors (Lipinski definition) is 5. The van der Waals surface area contributed by atoms with Gasteiger partial charge in [-0.15, -0.1) is 0 Å². The van der Waals surface area contributed by atoms with Crippen molar-refractivity contribution in [1.82, 2.24) is 19.2 Å². The molecule has 0 aliphatic carbocycles. The topological polar surface area (TPSA) is 103 Å². The highest BCUT2D eigenvalue weighted by molar-refractivity contribution is 7.89. The van der Waals surface area contributed by atoms with Gasteiger partial charge in [-0.25, -0.2) is 13.4 Å². The Bertz CT molecular complexity index is 1330. The molecule has 4 rings (SSSR count). The van der Waals surface area contributed by atoms with E-state index in [-0.39, 0.29) is 30.5 Å². The fraction of sp³-hybridized carbons (Fsp3) is 0.400. The van der Waals surface area contributed by atoms with Gasteiger partial charge in [-0.1, -0.05) is 24.3 Å². The average Bonchev–Trinajstić information content (AvgIpc) is 3.37. The number of aromatic nitrogens is 2. The molecule has 0 radical (unpaired) electrons. The number of aryl methyl sites for hydroxylation is 1. The second kappa shape index (κ2) is 10.1. The first kappa shape index (κ1) is 24.1. The van der Waals surface area contributed by atoms with Crippen LogP contribution in [0, 0.1) is 0 Å². The largest absolute Gasteiger partial charge is 0.333 e. The maximum Gasteiger partial charge on any atom is 0.258 e. The molecule has 3 aromatic rings. The van der Waals surface area contributed by atoms with E-state index in [4.69, 9.17) is 0 Å². The number of nitrogens with one attached hydrogen (secondary N) is 1. The Morgan fingerprint density at radius 2 is 1.76 bits per heavy atom. The third-order valence-electron chi connectivity index (χ3n) is 6.18. The van der Waals surface area contributed by atoms with Crippen molar-refractivity contribution in [2.75, 3.05) is 13.1 Å². The molecule has 0 unspecified atom stereocenters. The van der Waals surface area contributed by atoms with E-state index >= 15 is 0 Å². The Kier molecular flexibility index (Phi) is 7.13. The van der Waals surface area contributed by atoms with Gasteiger partial charge in [0.2, 0.25) is 15.9 Å². The van der Waals surface area contributed by atoms with Crippen LogP contribution in [0.5, 0.6) is 0 Å². The minimum Gasteiger partial charge on any atom is -0.333 e. The third kappa shape index (κ3) is 5.20. The normalized spacial score (nSPS) is 14.7. The van der Waals surface area contributed by atoms with Crippen molar-refractivity contribution in [3.05, 3.63) is 70.3 Å². The molecule has 0 bridgehead atoms. The van der Waals surface area contributed by atoms with Crippen molar-refractivity contribution in [1.29, 1.82) is 0 Å². The maximum atomic E-state index is 13.0. The number of nitrogens with zero attached hydrogens (tertiary/aromatic N) is 3. The molecule has 1 aromatic heterocycles. The van der Waals surface area contributed by atoms with E-state index < -0.39 is 10.0 Å². The number of benzene rings is 2. The van der Waals surface area contributed by atoms with Gasteiger partial charge in [0.15, 0.2) is 0 Å². The zero-order chi connectivity index (χ0) is 24.3. The molecule has 1 amide bonds. The van der Waals surface area contributed by atoms with Crippen LogP contribution in [-0.4, -0.2) is 52.6 Å². The van der Waals surface area contributed by atoms with E-state index in [9.17, 15) is 18.0 Å². The molecule has 1 aliphatic heterocycles. The molecule has 2 aromatic carbocycles. The van der Waals surface area contributed by atoms with Crippen LogP contribution in [0.3, 0.4) is 0 Å². The first-order valence-corrected chi connectivity index (χ1v) is 13.1. The summed E-state index contributed by atoms with van der Waals surface area (Å²) in [6, 6.07) is 13.8. The van der Waals surface area contributed by atoms with Crippen molar-refractivity contribution >= 4 is 26.8 Å². The molecule has 9 heteroatoms. The van der Waals surface area contributed by atoms with Gasteiger partial charge in [-0.3, -0.25) is 9.59 Å². The zero-order valence-electron chi connectivity index (χ0n) is 19.5. The Morgan fingerprint density at radius 1 is 1.09 bits per heavy atom. The van der Waals surface area contributed by atoms with E-state index in [2.05, 4.69) is 9.97 Å². The van der Waals surface area contributed by atoms with Crippen molar-refractivity contribution in [2.45, 2.75) is 57.0 Å². The summed E-state index contributed by atoms with van der Waals surface area (Å²) in [5.74, 6) is 0.391. The number of carbonyl (C=O) groups excluding carboxylic acids is 1. The summed E-state index contributed by atoms with van der Waals surface area (Å²) < 4.78 is 26.9. The van der Waals surface area contributed by atoms with Gasteiger partial charge in [0.25, 0.3) is 5.56 Å². The quantitative estimate of drug-likeness (QED) is 0.531. The van der Waals surface area contributed by atoms with Crippen molar-refractivity contribution in [2.24, 2.45) is 0 Å². The summed E-state index contributed by atoms with van der Waals surface area (Å²) >= 11 is 0. The molecule has 8 nitrogen and oxygen atoms in total. The van der Waals surface area contributed by atoms with Crippen LogP contribution >= 0.6 is 0 Å². The molecule has 1 saturated heterocycles. The van der Waals surface area contributed by atoms with Gasteiger partial charge in [0.05, 0.1) is 22.3 Å². The predicted molar refractivity (Wildman–Crippen MR) is 131 cm³/mol. The molecule has 1 aliphatic rings. The summed E-state index contributed by atoms with van der Waals surface area (Å²) in [4.78, 5) is 34.7. The number of sulfonamides is 1. The number of rotatable bonds is 8. The summed E-state index contributed by atoms with van der Waals surface area (Å²) in [5, 5.41) is 0.517. The van der Waals surface area contributed by atoms with Crippen LogP contribution in [0.4, 0.5) is 0 Å².